The van der Waals surface area contributed by atoms with Crippen LogP contribution in [0, 0.1) is 0 Å². The first-order chi connectivity index (χ1) is 7.16. The molecule has 0 radical (unpaired) electrons. The highest BCUT2D eigenvalue weighted by atomic mass is 16.4. The maximum absolute atomic E-state index is 10.9. The number of allylic oxidation sites excluding steroid dienone is 2. The van der Waals surface area contributed by atoms with Crippen LogP contribution in [0.25, 0.3) is 0 Å². The van der Waals surface area contributed by atoms with Gasteiger partial charge in [0.15, 0.2) is 5.78 Å². The van der Waals surface area contributed by atoms with Gasteiger partial charge in [0.25, 0.3) is 0 Å². The van der Waals surface area contributed by atoms with Gasteiger partial charge in [-0.1, -0.05) is 38.7 Å². The molecule has 1 N–H and O–H groups in total. The molecule has 15 heavy (non-hydrogen) atoms. The predicted octanol–water partition coefficient (Wildman–Crippen LogP) is 2.95. The van der Waals surface area contributed by atoms with Crippen LogP contribution < -0.4 is 0 Å². The molecule has 0 spiro atoms. The van der Waals surface area contributed by atoms with E-state index in [1.54, 1.807) is 6.08 Å². The quantitative estimate of drug-likeness (QED) is 0.363. The number of carbonyl (C=O) groups is 2. The van der Waals surface area contributed by atoms with Crippen LogP contribution in [0.5, 0.6) is 0 Å². The van der Waals surface area contributed by atoms with Crippen molar-refractivity contribution in [1.29, 1.82) is 0 Å². The molecule has 3 heteroatoms. The highest BCUT2D eigenvalue weighted by Gasteiger charge is 2.02. The van der Waals surface area contributed by atoms with E-state index in [1.165, 1.54) is 31.8 Å². The molecule has 0 aliphatic carbocycles. The van der Waals surface area contributed by atoms with Gasteiger partial charge < -0.3 is 5.11 Å². The molecule has 0 saturated carbocycles. The number of hydrogen-bond donors (Lipinski definition) is 1. The third-order valence-corrected chi connectivity index (χ3v) is 2.10. The van der Waals surface area contributed by atoms with Crippen LogP contribution in [0.1, 0.15) is 51.9 Å². The summed E-state index contributed by atoms with van der Waals surface area (Å²) in [7, 11) is 0. The van der Waals surface area contributed by atoms with E-state index in [0.717, 1.165) is 12.8 Å². The van der Waals surface area contributed by atoms with Gasteiger partial charge in [-0.2, -0.15) is 0 Å². The maximum atomic E-state index is 10.9. The lowest BCUT2D eigenvalue weighted by molar-refractivity contribution is -0.139. The summed E-state index contributed by atoms with van der Waals surface area (Å²) in [6.07, 6.45) is 9.64. The highest BCUT2D eigenvalue weighted by Crippen LogP contribution is 2.05. The van der Waals surface area contributed by atoms with Crippen molar-refractivity contribution >= 4 is 11.8 Å². The number of rotatable bonds is 9. The molecule has 0 amide bonds. The normalized spacial score (nSPS) is 10.7. The number of carbonyl (C=O) groups excluding carboxylic acids is 1. The lowest BCUT2D eigenvalue weighted by Gasteiger charge is -1.95. The van der Waals surface area contributed by atoms with Crippen molar-refractivity contribution in [2.45, 2.75) is 51.9 Å². The Bertz CT molecular complexity index is 219. The van der Waals surface area contributed by atoms with Gasteiger partial charge in [-0.25, -0.2) is 0 Å². The summed E-state index contributed by atoms with van der Waals surface area (Å²) in [5.74, 6) is -1.39. The van der Waals surface area contributed by atoms with Crippen molar-refractivity contribution in [1.82, 2.24) is 0 Å². The Kier molecular flexibility index (Phi) is 8.73. The standard InChI is InChI=1S/C12H20O3/c1-2-3-4-5-6-7-8-9-11(13)10-12(14)15/h8-9H,2-7,10H2,1H3,(H,14,15)/b9-8+. The smallest absolute Gasteiger partial charge is 0.311 e. The zero-order valence-electron chi connectivity index (χ0n) is 9.37. The Morgan fingerprint density at radius 3 is 2.40 bits per heavy atom. The molecule has 0 aromatic carbocycles. The van der Waals surface area contributed by atoms with E-state index < -0.39 is 12.4 Å². The number of carboxylic acid groups (broad SMARTS) is 1. The summed E-state index contributed by atoms with van der Waals surface area (Å²) >= 11 is 0. The largest absolute Gasteiger partial charge is 0.481 e. The first kappa shape index (κ1) is 13.9. The van der Waals surface area contributed by atoms with Crippen molar-refractivity contribution in [3.8, 4) is 0 Å². The minimum absolute atomic E-state index is 0.323. The molecule has 0 aliphatic rings. The highest BCUT2D eigenvalue weighted by molar-refractivity contribution is 6.01. The van der Waals surface area contributed by atoms with Crippen LogP contribution in [0.3, 0.4) is 0 Å². The fraction of sp³-hybridized carbons (Fsp3) is 0.667. The van der Waals surface area contributed by atoms with E-state index in [1.807, 2.05) is 0 Å². The summed E-state index contributed by atoms with van der Waals surface area (Å²) in [6, 6.07) is 0. The molecule has 0 aromatic rings. The Hall–Kier alpha value is -1.12. The van der Waals surface area contributed by atoms with Crippen LogP contribution in [-0.2, 0) is 9.59 Å². The van der Waals surface area contributed by atoms with Gasteiger partial charge >= 0.3 is 5.97 Å². The van der Waals surface area contributed by atoms with Crippen LogP contribution in [0.2, 0.25) is 0 Å². The molecule has 0 aliphatic heterocycles. The van der Waals surface area contributed by atoms with Gasteiger partial charge in [-0.3, -0.25) is 9.59 Å². The van der Waals surface area contributed by atoms with Crippen LogP contribution in [0.4, 0.5) is 0 Å². The first-order valence-electron chi connectivity index (χ1n) is 5.58. The lowest BCUT2D eigenvalue weighted by Crippen LogP contribution is -2.02. The third kappa shape index (κ3) is 10.8. The summed E-state index contributed by atoms with van der Waals surface area (Å²) in [4.78, 5) is 21.1. The molecular weight excluding hydrogens is 192 g/mol. The number of unbranched alkanes of at least 4 members (excludes halogenated alkanes) is 5. The molecule has 0 saturated heterocycles. The fourth-order valence-electron chi connectivity index (χ4n) is 1.29. The Balaban J connectivity index is 3.37. The number of aliphatic carboxylic acids is 1. The van der Waals surface area contributed by atoms with Crippen molar-refractivity contribution in [2.24, 2.45) is 0 Å². The molecule has 86 valence electrons. The zero-order chi connectivity index (χ0) is 11.5. The van der Waals surface area contributed by atoms with Gasteiger partial charge in [0.1, 0.15) is 6.42 Å². The summed E-state index contributed by atoms with van der Waals surface area (Å²) in [5.41, 5.74) is 0. The van der Waals surface area contributed by atoms with Crippen LogP contribution >= 0.6 is 0 Å². The number of carboxylic acids is 1. The second-order valence-electron chi connectivity index (χ2n) is 3.64. The van der Waals surface area contributed by atoms with E-state index in [4.69, 9.17) is 5.11 Å². The molecular formula is C12H20O3. The monoisotopic (exact) mass is 212 g/mol. The van der Waals surface area contributed by atoms with Gasteiger partial charge in [0, 0.05) is 0 Å². The van der Waals surface area contributed by atoms with Gasteiger partial charge in [0.2, 0.25) is 0 Å². The van der Waals surface area contributed by atoms with Crippen LogP contribution in [0.15, 0.2) is 12.2 Å². The predicted molar refractivity (Wildman–Crippen MR) is 59.8 cm³/mol. The first-order valence-corrected chi connectivity index (χ1v) is 5.58. The molecule has 0 atom stereocenters. The van der Waals surface area contributed by atoms with E-state index >= 15 is 0 Å². The molecule has 0 unspecified atom stereocenters. The molecule has 3 nitrogen and oxygen atoms in total. The molecule has 0 heterocycles. The van der Waals surface area contributed by atoms with E-state index in [2.05, 4.69) is 6.92 Å². The lowest BCUT2D eigenvalue weighted by atomic mass is 10.1. The summed E-state index contributed by atoms with van der Waals surface area (Å²) < 4.78 is 0. The number of ketones is 1. The summed E-state index contributed by atoms with van der Waals surface area (Å²) in [5, 5.41) is 8.33. The van der Waals surface area contributed by atoms with E-state index in [9.17, 15) is 9.59 Å². The van der Waals surface area contributed by atoms with Crippen molar-refractivity contribution in [3.05, 3.63) is 12.2 Å². The average molecular weight is 212 g/mol. The molecule has 0 bridgehead atoms. The van der Waals surface area contributed by atoms with Gasteiger partial charge in [-0.15, -0.1) is 0 Å². The molecule has 0 fully saturated rings. The van der Waals surface area contributed by atoms with Crippen molar-refractivity contribution in [3.63, 3.8) is 0 Å². The fourth-order valence-corrected chi connectivity index (χ4v) is 1.29. The van der Waals surface area contributed by atoms with E-state index in [-0.39, 0.29) is 5.78 Å². The minimum atomic E-state index is -1.06. The summed E-state index contributed by atoms with van der Waals surface area (Å²) in [6.45, 7) is 2.17. The minimum Gasteiger partial charge on any atom is -0.481 e. The third-order valence-electron chi connectivity index (χ3n) is 2.10. The Morgan fingerprint density at radius 1 is 1.13 bits per heavy atom. The number of hydrogen-bond acceptors (Lipinski definition) is 2. The molecule has 0 rings (SSSR count). The maximum Gasteiger partial charge on any atom is 0.311 e. The average Bonchev–Trinajstić information content (AvgIpc) is 2.15. The second-order valence-corrected chi connectivity index (χ2v) is 3.64. The molecule has 0 aromatic heterocycles. The Morgan fingerprint density at radius 2 is 1.80 bits per heavy atom. The van der Waals surface area contributed by atoms with Crippen LogP contribution in [-0.4, -0.2) is 16.9 Å². The Labute approximate surface area is 91.2 Å². The zero-order valence-corrected chi connectivity index (χ0v) is 9.37. The second kappa shape index (κ2) is 9.44. The SMILES string of the molecule is CCCCCCC/C=C/C(=O)CC(=O)O. The van der Waals surface area contributed by atoms with Crippen molar-refractivity contribution < 1.29 is 14.7 Å². The van der Waals surface area contributed by atoms with Gasteiger partial charge in [-0.05, 0) is 18.9 Å². The van der Waals surface area contributed by atoms with E-state index in [0.29, 0.717) is 0 Å². The topological polar surface area (TPSA) is 54.4 Å². The van der Waals surface area contributed by atoms with Gasteiger partial charge in [0.05, 0.1) is 0 Å². The van der Waals surface area contributed by atoms with Crippen molar-refractivity contribution in [2.75, 3.05) is 0 Å².